The zero-order chi connectivity index (χ0) is 10.1. The Morgan fingerprint density at radius 2 is 1.29 bits per heavy atom. The molecule has 0 radical (unpaired) electrons. The fourth-order valence-corrected chi connectivity index (χ4v) is 3.29. The number of rotatable bonds is 4. The van der Waals surface area contributed by atoms with Crippen molar-refractivity contribution in [3.63, 3.8) is 0 Å². The molecule has 0 aromatic carbocycles. The van der Waals surface area contributed by atoms with Gasteiger partial charge in [-0.2, -0.15) is 0 Å². The van der Waals surface area contributed by atoms with Crippen LogP contribution in [0.1, 0.15) is 29.1 Å². The molecule has 0 nitrogen and oxygen atoms in total. The Hall–Kier alpha value is 0.133. The molecule has 0 fully saturated rings. The number of hydrogen-bond donors (Lipinski definition) is 0. The van der Waals surface area contributed by atoms with Gasteiger partial charge in [-0.05, 0) is 0 Å². The average Bonchev–Trinajstić information content (AvgIpc) is 2.11. The van der Waals surface area contributed by atoms with Gasteiger partial charge >= 0.3 is 93.9 Å². The van der Waals surface area contributed by atoms with Crippen LogP contribution in [0.4, 0.5) is 0 Å². The first kappa shape index (κ1) is 16.6. The maximum Gasteiger partial charge on any atom is -0.147 e. The van der Waals surface area contributed by atoms with Gasteiger partial charge in [-0.3, -0.25) is 0 Å². The molecule has 0 heterocycles. The van der Waals surface area contributed by atoms with Crippen LogP contribution >= 0.6 is 12.4 Å². The Kier molecular flexibility index (Phi) is 13.3. The van der Waals surface area contributed by atoms with Crippen molar-refractivity contribution >= 4 is 12.4 Å². The summed E-state index contributed by atoms with van der Waals surface area (Å²) in [6.07, 6.45) is 12.9. The second kappa shape index (κ2) is 11.2. The molecule has 0 aromatic heterocycles. The monoisotopic (exact) mass is 289 g/mol. The van der Waals surface area contributed by atoms with Gasteiger partial charge in [0.05, 0.1) is 0 Å². The molecule has 0 spiro atoms. The van der Waals surface area contributed by atoms with Crippen molar-refractivity contribution in [3.05, 3.63) is 43.0 Å². The molecule has 0 bridgehead atoms. The number of halogens is 1. The molecule has 0 amide bonds. The molecule has 0 saturated carbocycles. The normalized spacial score (nSPS) is 13.4. The molecule has 0 unspecified atom stereocenters. The van der Waals surface area contributed by atoms with Crippen LogP contribution in [0, 0.1) is 0 Å². The molecule has 0 N–H and O–H groups in total. The fraction of sp³-hybridized carbons (Fsp3) is 0.333. The minimum Gasteiger partial charge on any atom is -1.00 e. The summed E-state index contributed by atoms with van der Waals surface area (Å²) < 4.78 is 3.14. The second-order valence-corrected chi connectivity index (χ2v) is 7.37. The van der Waals surface area contributed by atoms with E-state index in [1.165, 1.54) is 0 Å². The quantitative estimate of drug-likeness (QED) is 0.666. The Labute approximate surface area is 107 Å². The van der Waals surface area contributed by atoms with Crippen molar-refractivity contribution < 1.29 is 24.7 Å². The van der Waals surface area contributed by atoms with E-state index in [2.05, 4.69) is 64.2 Å². The van der Waals surface area contributed by atoms with E-state index in [0.717, 1.165) is 0 Å². The standard InChI is InChI=1S/2C6H9.ClH.Zr.H/c2*1-3-5-6-4-2;;;/h2*3,5-6H,1-2H3;1H;;/q;;;;-1. The van der Waals surface area contributed by atoms with Crippen LogP contribution in [0.2, 0.25) is 0 Å². The predicted octanol–water partition coefficient (Wildman–Crippen LogP) is 4.56. The minimum absolute atomic E-state index is 0. The van der Waals surface area contributed by atoms with Gasteiger partial charge in [-0.25, -0.2) is 0 Å². The molecule has 0 aliphatic heterocycles. The largest absolute Gasteiger partial charge is 1.00 e. The summed E-state index contributed by atoms with van der Waals surface area (Å²) in [5.74, 6) is 0. The van der Waals surface area contributed by atoms with Crippen LogP contribution in [0.3, 0.4) is 0 Å². The van der Waals surface area contributed by atoms with Crippen LogP contribution < -0.4 is 0 Å². The van der Waals surface area contributed by atoms with Crippen LogP contribution in [-0.2, 0) is 23.2 Å². The van der Waals surface area contributed by atoms with Crippen molar-refractivity contribution in [2.75, 3.05) is 0 Å². The number of hydrogen-bond acceptors (Lipinski definition) is 0. The molecule has 80 valence electrons. The summed E-state index contributed by atoms with van der Waals surface area (Å²) >= 11 is -0.435. The molecule has 0 atom stereocenters. The van der Waals surface area contributed by atoms with Crippen LogP contribution in [-0.4, -0.2) is 0 Å². The molecule has 0 saturated heterocycles. The van der Waals surface area contributed by atoms with Crippen molar-refractivity contribution in [2.45, 2.75) is 27.7 Å². The van der Waals surface area contributed by atoms with Gasteiger partial charge in [-0.15, -0.1) is 12.4 Å². The average molecular weight is 291 g/mol. The summed E-state index contributed by atoms with van der Waals surface area (Å²) in [7, 11) is 0. The Morgan fingerprint density at radius 3 is 1.57 bits per heavy atom. The third-order valence-electron chi connectivity index (χ3n) is 1.47. The van der Waals surface area contributed by atoms with Crippen molar-refractivity contribution in [3.8, 4) is 0 Å². The van der Waals surface area contributed by atoms with Crippen LogP contribution in [0.5, 0.6) is 0 Å². The van der Waals surface area contributed by atoms with E-state index >= 15 is 0 Å². The number of allylic oxidation sites excluding steroid dienone is 8. The van der Waals surface area contributed by atoms with Gasteiger partial charge in [0.15, 0.2) is 0 Å². The fourth-order valence-electron chi connectivity index (χ4n) is 0.875. The zero-order valence-electron chi connectivity index (χ0n) is 10.4. The topological polar surface area (TPSA) is 0 Å². The molecular formula is C12H20ClZr-. The molecule has 14 heavy (non-hydrogen) atoms. The van der Waals surface area contributed by atoms with Crippen molar-refractivity contribution in [2.24, 2.45) is 0 Å². The maximum atomic E-state index is 2.24. The first-order valence-corrected chi connectivity index (χ1v) is 7.02. The van der Waals surface area contributed by atoms with Gasteiger partial charge in [0.25, 0.3) is 0 Å². The summed E-state index contributed by atoms with van der Waals surface area (Å²) in [6.45, 7) is 8.58. The summed E-state index contributed by atoms with van der Waals surface area (Å²) in [5.41, 5.74) is 0. The maximum absolute atomic E-state index is 2.24. The predicted molar refractivity (Wildman–Crippen MR) is 65.5 cm³/mol. The molecule has 0 rings (SSSR count). The van der Waals surface area contributed by atoms with E-state index in [-0.39, 0.29) is 13.8 Å². The molecular weight excluding hydrogens is 271 g/mol. The van der Waals surface area contributed by atoms with Gasteiger partial charge in [0.2, 0.25) is 0 Å². The van der Waals surface area contributed by atoms with Gasteiger partial charge in [-0.1, -0.05) is 0 Å². The zero-order valence-corrected chi connectivity index (χ0v) is 12.6. The van der Waals surface area contributed by atoms with Crippen molar-refractivity contribution in [1.82, 2.24) is 0 Å². The molecule has 0 aliphatic rings. The minimum atomic E-state index is -0.435. The summed E-state index contributed by atoms with van der Waals surface area (Å²) in [5, 5.41) is 0. The van der Waals surface area contributed by atoms with E-state index in [0.29, 0.717) is 0 Å². The van der Waals surface area contributed by atoms with Crippen LogP contribution in [0.15, 0.2) is 43.0 Å². The van der Waals surface area contributed by atoms with Crippen LogP contribution in [0.25, 0.3) is 0 Å². The van der Waals surface area contributed by atoms with E-state index < -0.39 is 23.2 Å². The van der Waals surface area contributed by atoms with E-state index in [4.69, 9.17) is 0 Å². The van der Waals surface area contributed by atoms with Gasteiger partial charge in [0.1, 0.15) is 0 Å². The SMILES string of the molecule is CC=CC=[C](C)[Zr][C](C)=CC=CC.Cl.[H-]. The van der Waals surface area contributed by atoms with Gasteiger partial charge < -0.3 is 1.43 Å². The summed E-state index contributed by atoms with van der Waals surface area (Å²) in [4.78, 5) is 0. The van der Waals surface area contributed by atoms with Crippen molar-refractivity contribution in [1.29, 1.82) is 0 Å². The first-order valence-electron chi connectivity index (χ1n) is 4.57. The second-order valence-electron chi connectivity index (χ2n) is 2.88. The third kappa shape index (κ3) is 10.2. The van der Waals surface area contributed by atoms with Gasteiger partial charge in [0, 0.05) is 0 Å². The summed E-state index contributed by atoms with van der Waals surface area (Å²) in [6, 6.07) is 0. The molecule has 0 aromatic rings. The first-order chi connectivity index (χ1) is 6.20. The Morgan fingerprint density at radius 1 is 0.929 bits per heavy atom. The Bertz CT molecular complexity index is 226. The molecule has 0 aliphatic carbocycles. The third-order valence-corrected chi connectivity index (χ3v) is 4.23. The Balaban J connectivity index is -0.000000720. The smallest absolute Gasteiger partial charge is 0.147 e. The van der Waals surface area contributed by atoms with E-state index in [1.807, 2.05) is 0 Å². The molecule has 2 heteroatoms. The van der Waals surface area contributed by atoms with E-state index in [1.54, 1.807) is 6.56 Å². The van der Waals surface area contributed by atoms with E-state index in [9.17, 15) is 0 Å².